The van der Waals surface area contributed by atoms with Crippen molar-refractivity contribution in [3.63, 3.8) is 0 Å². The Morgan fingerprint density at radius 2 is 2.29 bits per heavy atom. The lowest BCUT2D eigenvalue weighted by molar-refractivity contribution is 0.296. The van der Waals surface area contributed by atoms with Gasteiger partial charge in [-0.15, -0.1) is 11.3 Å². The van der Waals surface area contributed by atoms with E-state index in [1.165, 1.54) is 10.9 Å². The van der Waals surface area contributed by atoms with Gasteiger partial charge in [-0.1, -0.05) is 0 Å². The molecule has 0 amide bonds. The molecule has 0 aliphatic rings. The molecular weight excluding hydrogens is 352 g/mol. The predicted molar refractivity (Wildman–Crippen MR) is 75.0 cm³/mol. The first kappa shape index (κ1) is 12.8. The molecule has 0 aliphatic heterocycles. The molecule has 5 heteroatoms. The zero-order valence-electron chi connectivity index (χ0n) is 9.03. The summed E-state index contributed by atoms with van der Waals surface area (Å²) in [6, 6.07) is 4.98. The quantitative estimate of drug-likeness (QED) is 0.594. The van der Waals surface area contributed by atoms with Crippen LogP contribution in [0.4, 0.5) is 4.39 Å². The summed E-state index contributed by atoms with van der Waals surface area (Å²) in [5.41, 5.74) is 1.81. The largest absolute Gasteiger partial charge is 0.491 e. The molecule has 0 fully saturated rings. The van der Waals surface area contributed by atoms with E-state index in [1.54, 1.807) is 17.4 Å². The van der Waals surface area contributed by atoms with E-state index < -0.39 is 0 Å². The zero-order chi connectivity index (χ0) is 12.1. The van der Waals surface area contributed by atoms with Gasteiger partial charge in [0.05, 0.1) is 12.1 Å². The second-order valence-corrected chi connectivity index (χ2v) is 5.71. The highest BCUT2D eigenvalue weighted by molar-refractivity contribution is 14.1. The minimum atomic E-state index is -0.297. The van der Waals surface area contributed by atoms with Crippen LogP contribution in [0.3, 0.4) is 0 Å². The Morgan fingerprint density at radius 3 is 3.00 bits per heavy atom. The topological polar surface area (TPSA) is 22.1 Å². The Kier molecular flexibility index (Phi) is 4.73. The lowest BCUT2D eigenvalue weighted by atomic mass is 10.3. The van der Waals surface area contributed by atoms with E-state index in [0.717, 1.165) is 16.4 Å². The molecule has 0 bridgehead atoms. The summed E-state index contributed by atoms with van der Waals surface area (Å²) in [6.45, 7) is 0.523. The second kappa shape index (κ2) is 6.30. The highest BCUT2D eigenvalue weighted by atomic mass is 127. The summed E-state index contributed by atoms with van der Waals surface area (Å²) in [5, 5.41) is 0. The average molecular weight is 363 g/mol. The summed E-state index contributed by atoms with van der Waals surface area (Å²) in [6.07, 6.45) is 3.65. The Hall–Kier alpha value is -0.690. The van der Waals surface area contributed by atoms with E-state index in [-0.39, 0.29) is 5.82 Å². The summed E-state index contributed by atoms with van der Waals surface area (Å²) in [5.74, 6) is 0.0319. The number of hydrogen-bond donors (Lipinski definition) is 0. The van der Waals surface area contributed by atoms with E-state index in [0.29, 0.717) is 12.4 Å². The standard InChI is InChI=1S/C12H11FINOS/c13-11-6-9(14)3-4-12(11)16-5-1-2-10-7-15-8-17-10/h3-4,6-8H,1-2,5H2. The molecule has 2 nitrogen and oxygen atoms in total. The fraction of sp³-hybridized carbons (Fsp3) is 0.250. The van der Waals surface area contributed by atoms with Gasteiger partial charge in [0.15, 0.2) is 11.6 Å². The van der Waals surface area contributed by atoms with E-state index in [9.17, 15) is 4.39 Å². The molecule has 1 aromatic carbocycles. The maximum atomic E-state index is 13.4. The SMILES string of the molecule is Fc1cc(I)ccc1OCCCc1cncs1. The van der Waals surface area contributed by atoms with Crippen LogP contribution in [0.2, 0.25) is 0 Å². The predicted octanol–water partition coefficient (Wildman–Crippen LogP) is 3.90. The van der Waals surface area contributed by atoms with Crippen LogP contribution in [-0.4, -0.2) is 11.6 Å². The molecule has 0 N–H and O–H groups in total. The highest BCUT2D eigenvalue weighted by Gasteiger charge is 2.03. The van der Waals surface area contributed by atoms with Crippen molar-refractivity contribution in [2.24, 2.45) is 0 Å². The molecule has 0 saturated carbocycles. The fourth-order valence-electron chi connectivity index (χ4n) is 1.39. The van der Waals surface area contributed by atoms with Crippen LogP contribution in [-0.2, 0) is 6.42 Å². The first-order chi connectivity index (χ1) is 8.25. The minimum absolute atomic E-state index is 0.297. The number of halogens is 2. The van der Waals surface area contributed by atoms with Gasteiger partial charge in [-0.25, -0.2) is 4.39 Å². The molecule has 0 saturated heterocycles. The van der Waals surface area contributed by atoms with E-state index in [2.05, 4.69) is 27.6 Å². The Bertz CT molecular complexity index is 475. The van der Waals surface area contributed by atoms with Crippen molar-refractivity contribution in [1.29, 1.82) is 0 Å². The summed E-state index contributed by atoms with van der Waals surface area (Å²) in [7, 11) is 0. The van der Waals surface area contributed by atoms with E-state index >= 15 is 0 Å². The molecule has 1 heterocycles. The van der Waals surface area contributed by atoms with Crippen molar-refractivity contribution in [3.8, 4) is 5.75 Å². The maximum Gasteiger partial charge on any atom is 0.166 e. The zero-order valence-corrected chi connectivity index (χ0v) is 12.0. The molecular formula is C12H11FINOS. The smallest absolute Gasteiger partial charge is 0.166 e. The van der Waals surface area contributed by atoms with Crippen LogP contribution in [0.15, 0.2) is 29.9 Å². The van der Waals surface area contributed by atoms with Crippen LogP contribution in [0.1, 0.15) is 11.3 Å². The lowest BCUT2D eigenvalue weighted by Crippen LogP contribution is -2.00. The Balaban J connectivity index is 1.78. The van der Waals surface area contributed by atoms with Gasteiger partial charge in [-0.2, -0.15) is 0 Å². The normalized spacial score (nSPS) is 10.5. The molecule has 17 heavy (non-hydrogen) atoms. The number of nitrogens with zero attached hydrogens (tertiary/aromatic N) is 1. The summed E-state index contributed by atoms with van der Waals surface area (Å²) >= 11 is 3.71. The van der Waals surface area contributed by atoms with Crippen molar-refractivity contribution >= 4 is 33.9 Å². The van der Waals surface area contributed by atoms with Crippen LogP contribution in [0.25, 0.3) is 0 Å². The van der Waals surface area contributed by atoms with Crippen LogP contribution >= 0.6 is 33.9 Å². The van der Waals surface area contributed by atoms with Gasteiger partial charge in [0.2, 0.25) is 0 Å². The minimum Gasteiger partial charge on any atom is -0.491 e. The third kappa shape index (κ3) is 3.92. The number of aromatic nitrogens is 1. The molecule has 0 radical (unpaired) electrons. The molecule has 2 rings (SSSR count). The van der Waals surface area contributed by atoms with Crippen molar-refractivity contribution in [3.05, 3.63) is 44.2 Å². The summed E-state index contributed by atoms with van der Waals surface area (Å²) in [4.78, 5) is 5.23. The van der Waals surface area contributed by atoms with Crippen molar-refractivity contribution < 1.29 is 9.13 Å². The molecule has 0 spiro atoms. The molecule has 0 atom stereocenters. The van der Waals surface area contributed by atoms with Gasteiger partial charge in [0, 0.05) is 14.6 Å². The van der Waals surface area contributed by atoms with Gasteiger partial charge in [0.25, 0.3) is 0 Å². The van der Waals surface area contributed by atoms with E-state index in [4.69, 9.17) is 4.74 Å². The third-order valence-corrected chi connectivity index (χ3v) is 3.71. The maximum absolute atomic E-state index is 13.4. The molecule has 0 aliphatic carbocycles. The number of thiazole rings is 1. The average Bonchev–Trinajstić information content (AvgIpc) is 2.79. The monoisotopic (exact) mass is 363 g/mol. The number of rotatable bonds is 5. The van der Waals surface area contributed by atoms with Crippen LogP contribution in [0, 0.1) is 9.39 Å². The van der Waals surface area contributed by atoms with Crippen LogP contribution < -0.4 is 4.74 Å². The second-order valence-electron chi connectivity index (χ2n) is 3.49. The first-order valence-corrected chi connectivity index (χ1v) is 7.17. The van der Waals surface area contributed by atoms with Crippen molar-refractivity contribution in [2.45, 2.75) is 12.8 Å². The van der Waals surface area contributed by atoms with Gasteiger partial charge < -0.3 is 4.74 Å². The molecule has 2 aromatic rings. The number of aryl methyl sites for hydroxylation is 1. The number of ether oxygens (including phenoxy) is 1. The van der Waals surface area contributed by atoms with E-state index in [1.807, 2.05) is 17.8 Å². The number of benzene rings is 1. The van der Waals surface area contributed by atoms with Crippen molar-refractivity contribution in [2.75, 3.05) is 6.61 Å². The third-order valence-electron chi connectivity index (χ3n) is 2.20. The first-order valence-electron chi connectivity index (χ1n) is 5.21. The Morgan fingerprint density at radius 1 is 1.41 bits per heavy atom. The van der Waals surface area contributed by atoms with Gasteiger partial charge in [-0.3, -0.25) is 4.98 Å². The lowest BCUT2D eigenvalue weighted by Gasteiger charge is -2.06. The van der Waals surface area contributed by atoms with Gasteiger partial charge in [0.1, 0.15) is 0 Å². The van der Waals surface area contributed by atoms with Gasteiger partial charge >= 0.3 is 0 Å². The van der Waals surface area contributed by atoms with Crippen molar-refractivity contribution in [1.82, 2.24) is 4.98 Å². The van der Waals surface area contributed by atoms with Gasteiger partial charge in [-0.05, 0) is 53.6 Å². The highest BCUT2D eigenvalue weighted by Crippen LogP contribution is 2.19. The Labute approximate surface area is 117 Å². The molecule has 0 unspecified atom stereocenters. The molecule has 90 valence electrons. The summed E-state index contributed by atoms with van der Waals surface area (Å²) < 4.78 is 19.7. The molecule has 1 aromatic heterocycles. The fourth-order valence-corrected chi connectivity index (χ4v) is 2.48. The number of hydrogen-bond acceptors (Lipinski definition) is 3. The van der Waals surface area contributed by atoms with Crippen LogP contribution in [0.5, 0.6) is 5.75 Å².